The molecule has 0 bridgehead atoms. The Hall–Kier alpha value is -3.54. The topological polar surface area (TPSA) is 86.2 Å². The molecule has 0 atom stereocenters. The van der Waals surface area contributed by atoms with E-state index in [0.29, 0.717) is 22.9 Å². The first-order valence-corrected chi connectivity index (χ1v) is 11.3. The van der Waals surface area contributed by atoms with Gasteiger partial charge in [0.15, 0.2) is 11.4 Å². The number of nitrogen functional groups attached to an aromatic ring is 1. The lowest BCUT2D eigenvalue weighted by atomic mass is 9.85. The van der Waals surface area contributed by atoms with Crippen LogP contribution in [0.4, 0.5) is 5.82 Å². The summed E-state index contributed by atoms with van der Waals surface area (Å²) < 4.78 is 1.58. The van der Waals surface area contributed by atoms with E-state index in [4.69, 9.17) is 10.7 Å². The lowest BCUT2D eigenvalue weighted by molar-refractivity contribution is 0.101. The normalized spacial score (nSPS) is 14.7. The molecule has 0 unspecified atom stereocenters. The van der Waals surface area contributed by atoms with E-state index in [1.165, 1.54) is 32.1 Å². The van der Waals surface area contributed by atoms with Crippen LogP contribution in [0.3, 0.4) is 0 Å². The number of anilines is 1. The second kappa shape index (κ2) is 8.54. The van der Waals surface area contributed by atoms with Crippen LogP contribution in [0.25, 0.3) is 28.0 Å². The summed E-state index contributed by atoms with van der Waals surface area (Å²) >= 11 is 0. The van der Waals surface area contributed by atoms with Crippen LogP contribution in [-0.4, -0.2) is 25.4 Å². The Morgan fingerprint density at radius 3 is 2.50 bits per heavy atom. The zero-order chi connectivity index (χ0) is 22.1. The van der Waals surface area contributed by atoms with Gasteiger partial charge in [-0.05, 0) is 25.3 Å². The molecule has 5 rings (SSSR count). The molecular weight excluding hydrogens is 398 g/mol. The van der Waals surface area contributed by atoms with Crippen molar-refractivity contribution >= 4 is 17.2 Å². The Labute approximate surface area is 187 Å². The van der Waals surface area contributed by atoms with E-state index >= 15 is 0 Å². The molecule has 0 radical (unpaired) electrons. The van der Waals surface area contributed by atoms with Gasteiger partial charge in [0.1, 0.15) is 5.82 Å². The highest BCUT2D eigenvalue weighted by atomic mass is 16.1. The number of carbonyl (C=O) groups is 1. The monoisotopic (exact) mass is 425 g/mol. The van der Waals surface area contributed by atoms with Gasteiger partial charge < -0.3 is 5.73 Å². The Kier molecular flexibility index (Phi) is 5.43. The number of aromatic nitrogens is 4. The van der Waals surface area contributed by atoms with Crippen molar-refractivity contribution in [2.45, 2.75) is 45.4 Å². The number of carbonyl (C=O) groups excluding carboxylic acids is 1. The first-order valence-electron chi connectivity index (χ1n) is 11.3. The van der Waals surface area contributed by atoms with Crippen LogP contribution in [0.5, 0.6) is 0 Å². The van der Waals surface area contributed by atoms with Crippen molar-refractivity contribution in [2.75, 3.05) is 5.73 Å². The summed E-state index contributed by atoms with van der Waals surface area (Å²) in [6.07, 6.45) is 10.5. The van der Waals surface area contributed by atoms with E-state index < -0.39 is 0 Å². The molecule has 0 saturated heterocycles. The number of pyridine rings is 1. The molecule has 6 heteroatoms. The highest BCUT2D eigenvalue weighted by molar-refractivity contribution is 6.00. The van der Waals surface area contributed by atoms with Gasteiger partial charge in [0.05, 0.1) is 23.1 Å². The van der Waals surface area contributed by atoms with Crippen LogP contribution < -0.4 is 5.73 Å². The number of nitrogens with two attached hydrogens (primary N) is 1. The van der Waals surface area contributed by atoms with Gasteiger partial charge >= 0.3 is 0 Å². The minimum absolute atomic E-state index is 0.0614. The number of benzene rings is 1. The molecular formula is C26H27N5O. The molecule has 4 aromatic rings. The summed E-state index contributed by atoms with van der Waals surface area (Å²) in [7, 11) is 0. The van der Waals surface area contributed by atoms with Crippen LogP contribution >= 0.6 is 0 Å². The van der Waals surface area contributed by atoms with Gasteiger partial charge in [0.2, 0.25) is 0 Å². The SMILES string of the molecule is CC(=O)c1c(CC2CCCCC2)nc2c(-c3ccc(-c4ccccc4)nc3)cnn2c1N. The standard InChI is InChI=1S/C26H27N5O/c1-17(32)24-23(14-18-8-4-2-5-9-18)30-26-21(16-29-31(26)25(24)27)20-12-13-22(28-15-20)19-10-6-3-7-11-19/h3,6-7,10-13,15-16,18H,2,4-5,8-9,14,27H2,1H3. The maximum atomic E-state index is 12.5. The summed E-state index contributed by atoms with van der Waals surface area (Å²) in [5.74, 6) is 0.858. The maximum absolute atomic E-state index is 12.5. The quantitative estimate of drug-likeness (QED) is 0.435. The zero-order valence-corrected chi connectivity index (χ0v) is 18.3. The fraction of sp³-hybridized carbons (Fsp3) is 0.308. The van der Waals surface area contributed by atoms with E-state index in [9.17, 15) is 4.79 Å². The number of hydrogen-bond donors (Lipinski definition) is 1. The lowest BCUT2D eigenvalue weighted by Crippen LogP contribution is -2.17. The van der Waals surface area contributed by atoms with Gasteiger partial charge in [-0.25, -0.2) is 4.98 Å². The molecule has 0 aliphatic heterocycles. The minimum Gasteiger partial charge on any atom is -0.383 e. The van der Waals surface area contributed by atoms with Crippen LogP contribution in [0, 0.1) is 5.92 Å². The van der Waals surface area contributed by atoms with E-state index in [-0.39, 0.29) is 5.78 Å². The average molecular weight is 426 g/mol. The predicted octanol–water partition coefficient (Wildman–Crippen LogP) is 5.37. The van der Waals surface area contributed by atoms with Crippen LogP contribution in [-0.2, 0) is 6.42 Å². The van der Waals surface area contributed by atoms with E-state index in [1.807, 2.05) is 48.7 Å². The summed E-state index contributed by atoms with van der Waals surface area (Å²) in [6, 6.07) is 14.1. The molecule has 32 heavy (non-hydrogen) atoms. The molecule has 1 aliphatic rings. The molecule has 1 fully saturated rings. The first-order chi connectivity index (χ1) is 15.6. The Morgan fingerprint density at radius 2 is 1.81 bits per heavy atom. The molecule has 3 heterocycles. The number of hydrogen-bond acceptors (Lipinski definition) is 5. The van der Waals surface area contributed by atoms with Crippen molar-refractivity contribution in [3.8, 4) is 22.4 Å². The first kappa shape index (κ1) is 20.4. The lowest BCUT2D eigenvalue weighted by Gasteiger charge is -2.22. The van der Waals surface area contributed by atoms with Gasteiger partial charge in [-0.3, -0.25) is 9.78 Å². The third-order valence-corrected chi connectivity index (χ3v) is 6.46. The van der Waals surface area contributed by atoms with E-state index in [1.54, 1.807) is 17.6 Å². The molecule has 1 aromatic carbocycles. The number of ketones is 1. The Bertz CT molecular complexity index is 1260. The van der Waals surface area contributed by atoms with Crippen molar-refractivity contribution in [1.82, 2.24) is 19.6 Å². The number of rotatable bonds is 5. The third kappa shape index (κ3) is 3.77. The van der Waals surface area contributed by atoms with E-state index in [2.05, 4.69) is 10.1 Å². The van der Waals surface area contributed by atoms with Crippen molar-refractivity contribution < 1.29 is 4.79 Å². The van der Waals surface area contributed by atoms with Crippen molar-refractivity contribution in [3.63, 3.8) is 0 Å². The summed E-state index contributed by atoms with van der Waals surface area (Å²) in [5, 5.41) is 4.46. The van der Waals surface area contributed by atoms with Crippen molar-refractivity contribution in [3.05, 3.63) is 66.1 Å². The van der Waals surface area contributed by atoms with Crippen LogP contribution in [0.1, 0.15) is 55.1 Å². The molecule has 1 aliphatic carbocycles. The average Bonchev–Trinajstić information content (AvgIpc) is 3.24. The van der Waals surface area contributed by atoms with Gasteiger partial charge in [-0.2, -0.15) is 9.61 Å². The zero-order valence-electron chi connectivity index (χ0n) is 18.3. The summed E-state index contributed by atoms with van der Waals surface area (Å²) in [6.45, 7) is 1.56. The van der Waals surface area contributed by atoms with Gasteiger partial charge in [-0.15, -0.1) is 0 Å². The smallest absolute Gasteiger partial charge is 0.165 e. The second-order valence-electron chi connectivity index (χ2n) is 8.67. The highest BCUT2D eigenvalue weighted by Gasteiger charge is 2.23. The fourth-order valence-corrected chi connectivity index (χ4v) is 4.80. The number of Topliss-reactive ketones (excluding diaryl/α,β-unsaturated/α-hetero) is 1. The van der Waals surface area contributed by atoms with Crippen molar-refractivity contribution in [1.29, 1.82) is 0 Å². The third-order valence-electron chi connectivity index (χ3n) is 6.46. The molecule has 3 aromatic heterocycles. The maximum Gasteiger partial charge on any atom is 0.165 e. The predicted molar refractivity (Wildman–Crippen MR) is 126 cm³/mol. The number of nitrogens with zero attached hydrogens (tertiary/aromatic N) is 4. The molecule has 0 spiro atoms. The molecule has 6 nitrogen and oxygen atoms in total. The summed E-state index contributed by atoms with van der Waals surface area (Å²) in [5.41, 5.74) is 12.2. The van der Waals surface area contributed by atoms with Crippen LogP contribution in [0.2, 0.25) is 0 Å². The molecule has 1 saturated carbocycles. The van der Waals surface area contributed by atoms with Gasteiger partial charge in [0, 0.05) is 22.9 Å². The fourth-order valence-electron chi connectivity index (χ4n) is 4.80. The van der Waals surface area contributed by atoms with Gasteiger partial charge in [-0.1, -0.05) is 68.5 Å². The second-order valence-corrected chi connectivity index (χ2v) is 8.67. The minimum atomic E-state index is -0.0614. The molecule has 2 N–H and O–H groups in total. The Balaban J connectivity index is 1.56. The molecule has 0 amide bonds. The summed E-state index contributed by atoms with van der Waals surface area (Å²) in [4.78, 5) is 22.0. The largest absolute Gasteiger partial charge is 0.383 e. The number of fused-ring (bicyclic) bond motifs is 1. The van der Waals surface area contributed by atoms with Gasteiger partial charge in [0.25, 0.3) is 0 Å². The van der Waals surface area contributed by atoms with Crippen molar-refractivity contribution in [2.24, 2.45) is 5.92 Å². The Morgan fingerprint density at radius 1 is 1.03 bits per heavy atom. The molecule has 162 valence electrons. The van der Waals surface area contributed by atoms with E-state index in [0.717, 1.165) is 34.5 Å². The van der Waals surface area contributed by atoms with Crippen LogP contribution in [0.15, 0.2) is 54.9 Å². The highest BCUT2D eigenvalue weighted by Crippen LogP contribution is 2.32.